The summed E-state index contributed by atoms with van der Waals surface area (Å²) in [7, 11) is 5.94. The van der Waals surface area contributed by atoms with Crippen molar-refractivity contribution in [3.05, 3.63) is 338 Å². The number of terminal acetylenes is 1. The van der Waals surface area contributed by atoms with Crippen LogP contribution in [0.2, 0.25) is 0 Å². The molecule has 0 spiro atoms. The minimum absolute atomic E-state index is 0.00407. The van der Waals surface area contributed by atoms with E-state index in [-0.39, 0.29) is 35.0 Å². The Kier molecular flexibility index (Phi) is 28.9. The first-order chi connectivity index (χ1) is 50.5. The lowest BCUT2D eigenvalue weighted by Gasteiger charge is -2.19. The third-order valence-electron chi connectivity index (χ3n) is 17.3. The normalized spacial score (nSPS) is 11.8. The van der Waals surface area contributed by atoms with Crippen LogP contribution < -0.4 is 4.74 Å². The van der Waals surface area contributed by atoms with Gasteiger partial charge in [-0.15, -0.1) is 12.3 Å². The summed E-state index contributed by atoms with van der Waals surface area (Å²) < 4.78 is 68.7. The van der Waals surface area contributed by atoms with Crippen molar-refractivity contribution in [3.63, 3.8) is 0 Å². The van der Waals surface area contributed by atoms with Gasteiger partial charge in [0.15, 0.2) is 0 Å². The van der Waals surface area contributed by atoms with E-state index in [9.17, 15) is 0 Å². The van der Waals surface area contributed by atoms with Gasteiger partial charge in [0.1, 0.15) is 5.75 Å². The van der Waals surface area contributed by atoms with Crippen LogP contribution in [-0.4, -0.2) is 16.2 Å². The smallest absolute Gasteiger partial charge is 0.118 e. The molecule has 0 saturated carbocycles. The molecule has 0 aliphatic carbocycles. The zero-order chi connectivity index (χ0) is 81.2. The van der Waals surface area contributed by atoms with Crippen molar-refractivity contribution in [2.24, 2.45) is 14.1 Å². The summed E-state index contributed by atoms with van der Waals surface area (Å²) in [4.78, 5) is 0. The minimum Gasteiger partial charge on any atom is -0.497 e. The molecule has 0 saturated heterocycles. The molecule has 13 aromatic rings. The molecule has 2 heterocycles. The second kappa shape index (κ2) is 41.1. The highest BCUT2D eigenvalue weighted by Crippen LogP contribution is 2.35. The molecule has 0 unspecified atom stereocenters. The number of rotatable bonds is 3. The second-order valence-corrected chi connectivity index (χ2v) is 27.9. The van der Waals surface area contributed by atoms with E-state index in [1.165, 1.54) is 93.7 Å². The maximum absolute atomic E-state index is 7.81. The summed E-state index contributed by atoms with van der Waals surface area (Å²) >= 11 is 0. The molecule has 0 atom stereocenters. The molecule has 0 N–H and O–H groups in total. The van der Waals surface area contributed by atoms with Crippen LogP contribution in [0.3, 0.4) is 0 Å². The Bertz CT molecular complexity index is 4760. The molecule has 3 heteroatoms. The largest absolute Gasteiger partial charge is 0.497 e. The van der Waals surface area contributed by atoms with E-state index in [1.807, 2.05) is 113 Å². The van der Waals surface area contributed by atoms with Crippen LogP contribution in [0, 0.1) is 88.4 Å². The fraction of sp³-hybridized carbons (Fsp3) is 0.299. The molecule has 3 nitrogen and oxygen atoms in total. The van der Waals surface area contributed by atoms with Gasteiger partial charge >= 0.3 is 0 Å². The highest BCUT2D eigenvalue weighted by molar-refractivity contribution is 6.09. The van der Waals surface area contributed by atoms with Gasteiger partial charge in [-0.05, 0) is 221 Å². The molecule has 100 heavy (non-hydrogen) atoms. The van der Waals surface area contributed by atoms with Gasteiger partial charge < -0.3 is 13.9 Å². The Labute approximate surface area is 617 Å². The van der Waals surface area contributed by atoms with Gasteiger partial charge in [0.25, 0.3) is 0 Å². The van der Waals surface area contributed by atoms with Gasteiger partial charge in [-0.3, -0.25) is 0 Å². The molecular formula is C97H120N2O. The fourth-order valence-corrected chi connectivity index (χ4v) is 10.9. The van der Waals surface area contributed by atoms with Crippen molar-refractivity contribution < 1.29 is 15.7 Å². The van der Waals surface area contributed by atoms with Gasteiger partial charge in [0.05, 0.1) is 12.6 Å². The van der Waals surface area contributed by atoms with Crippen LogP contribution in [0.5, 0.6) is 5.75 Å². The maximum Gasteiger partial charge on any atom is 0.118 e. The molecule has 11 aromatic carbocycles. The Morgan fingerprint density at radius 2 is 0.750 bits per heavy atom. The average Bonchev–Trinajstić information content (AvgIpc) is 1.60. The first-order valence-corrected chi connectivity index (χ1v) is 34.7. The van der Waals surface area contributed by atoms with Gasteiger partial charge in [-0.25, -0.2) is 0 Å². The summed E-state index contributed by atoms with van der Waals surface area (Å²) in [5.41, 5.74) is 22.4. The van der Waals surface area contributed by atoms with E-state index in [0.29, 0.717) is 22.6 Å². The summed E-state index contributed by atoms with van der Waals surface area (Å²) in [5.74, 6) is 3.35. The number of aromatic nitrogens is 2. The lowest BCUT2D eigenvalue weighted by atomic mass is 9.85. The van der Waals surface area contributed by atoms with E-state index < -0.39 is 12.7 Å². The predicted octanol–water partition coefficient (Wildman–Crippen LogP) is 27.4. The number of benzene rings is 11. The predicted molar refractivity (Wildman–Crippen MR) is 445 cm³/mol. The summed E-state index contributed by atoms with van der Waals surface area (Å²) in [5, 5.41) is 5.42. The average molecular weight is 1340 g/mol. The molecule has 0 radical (unpaired) electrons. The first kappa shape index (κ1) is 70.3. The number of hydrogen-bond donors (Lipinski definition) is 0. The van der Waals surface area contributed by atoms with Crippen molar-refractivity contribution in [2.45, 2.75) is 175 Å². The van der Waals surface area contributed by atoms with Crippen molar-refractivity contribution >= 4 is 43.6 Å². The Hall–Kier alpha value is -9.62. The van der Waals surface area contributed by atoms with Gasteiger partial charge in [-0.1, -0.05) is 292 Å². The summed E-state index contributed by atoms with van der Waals surface area (Å²) in [6.07, 6.45) is 4.60. The molecule has 0 fully saturated rings. The Morgan fingerprint density at radius 3 is 1.07 bits per heavy atom. The molecule has 0 amide bonds. The number of ether oxygens (including phenoxy) is 1. The standard InChI is InChI=1S/C21H27N.C13H11N.2C10H14.2C9H12.C8H10.C7H8O.C7H8.C3H4/c1-20(2,3)14-8-10-18-16(12-14)17-13-15(21(4,5)6)9-11-19(17)22(18)7;1-14-12-8-4-2-6-10(12)11-7-3-5-9-13(11)14;2*1-8(2)10-7-5-4-6-9(10)3;2*1-7-5-4-6-8(2)9(7)3;1-7-4-3-5-8(2)6-7;1-8-7-5-3-2-4-6-7;1-7-5-3-2-4-6-7;1-3-2/h8-13H,1-7H3;2-9H,1H3;2*4-8H,1-3H3;2*4-6H,1-3H3;3-6H,1-2H3;2-6H,1H3;2-6H,1H3;1H,2H3/i;;8D;;1D3;;3D,4D,5D,6D;;;. The Balaban J connectivity index is 0.000000261. The molecular weight excluding hydrogens is 1210 g/mol. The zero-order valence-corrected chi connectivity index (χ0v) is 64.9. The van der Waals surface area contributed by atoms with E-state index in [2.05, 4.69) is 265 Å². The summed E-state index contributed by atoms with van der Waals surface area (Å²) in [6, 6.07) is 79.3. The fourth-order valence-electron chi connectivity index (χ4n) is 10.9. The van der Waals surface area contributed by atoms with Crippen LogP contribution >= 0.6 is 0 Å². The van der Waals surface area contributed by atoms with Gasteiger partial charge in [-0.2, -0.15) is 0 Å². The van der Waals surface area contributed by atoms with Crippen molar-refractivity contribution in [1.82, 2.24) is 9.13 Å². The zero-order valence-electron chi connectivity index (χ0n) is 72.9. The number of hydrogen-bond acceptors (Lipinski definition) is 1. The van der Waals surface area contributed by atoms with Crippen LogP contribution in [0.15, 0.2) is 255 Å². The minimum atomic E-state index is -1.98. The van der Waals surface area contributed by atoms with Crippen LogP contribution in [0.25, 0.3) is 43.6 Å². The first-order valence-electron chi connectivity index (χ1n) is 38.7. The van der Waals surface area contributed by atoms with Crippen molar-refractivity contribution in [3.8, 4) is 18.1 Å². The highest BCUT2D eigenvalue weighted by atomic mass is 16.5. The molecule has 0 bridgehead atoms. The Morgan fingerprint density at radius 1 is 0.410 bits per heavy atom. The van der Waals surface area contributed by atoms with Crippen LogP contribution in [-0.2, 0) is 24.9 Å². The number of nitrogens with zero attached hydrogens (tertiary/aromatic N) is 2. The van der Waals surface area contributed by atoms with E-state index >= 15 is 0 Å². The SMILES string of the molecule is C#CC.COc1ccccc1.Cc1cccc(C)c1C.Cc1ccccc1.Cc1ccccc1C(C)C.Cn1c2ccc(C(C)(C)C)cc2c2cc(C(C)(C)C)ccc21.Cn1c2ccccc2c2ccccc21.[2H]C(C)(C)c1ccccc1C.[2H]C([2H])([2H])c1cccc(C)c1C.[2H]c1c([2H])c(C)c([2H])c(C)c1[2H]. The van der Waals surface area contributed by atoms with E-state index in [4.69, 9.17) is 15.7 Å². The molecule has 0 aliphatic heterocycles. The summed E-state index contributed by atoms with van der Waals surface area (Å²) in [6.45, 7) is 41.4. The molecule has 524 valence electrons. The molecule has 0 aliphatic rings. The topological polar surface area (TPSA) is 19.1 Å². The lowest BCUT2D eigenvalue weighted by molar-refractivity contribution is 0.415. The number of fused-ring (bicyclic) bond motifs is 6. The van der Waals surface area contributed by atoms with Crippen LogP contribution in [0.1, 0.15) is 182 Å². The van der Waals surface area contributed by atoms with Gasteiger partial charge in [0.2, 0.25) is 0 Å². The maximum atomic E-state index is 7.81. The third-order valence-corrected chi connectivity index (χ3v) is 17.3. The quantitative estimate of drug-likeness (QED) is 0.161. The number of para-hydroxylation sites is 3. The van der Waals surface area contributed by atoms with E-state index in [1.54, 1.807) is 40.0 Å². The van der Waals surface area contributed by atoms with Crippen molar-refractivity contribution in [1.29, 1.82) is 0 Å². The molecule has 13 rings (SSSR count). The highest BCUT2D eigenvalue weighted by Gasteiger charge is 2.19. The van der Waals surface area contributed by atoms with Gasteiger partial charge in [0, 0.05) is 63.2 Å². The lowest BCUT2D eigenvalue weighted by Crippen LogP contribution is -2.10. The van der Waals surface area contributed by atoms with Crippen LogP contribution in [0.4, 0.5) is 0 Å². The second-order valence-electron chi connectivity index (χ2n) is 27.9. The monoisotopic (exact) mass is 1340 g/mol. The number of aryl methyl sites for hydroxylation is 9. The van der Waals surface area contributed by atoms with E-state index in [0.717, 1.165) is 22.4 Å². The number of methoxy groups -OCH3 is 1. The third kappa shape index (κ3) is 26.2. The molecule has 2 aromatic heterocycles. The van der Waals surface area contributed by atoms with Crippen molar-refractivity contribution in [2.75, 3.05) is 7.11 Å².